The third-order valence-corrected chi connectivity index (χ3v) is 7.06. The van der Waals surface area contributed by atoms with E-state index in [0.29, 0.717) is 41.5 Å². The first kappa shape index (κ1) is 22.6. The van der Waals surface area contributed by atoms with Gasteiger partial charge in [0, 0.05) is 31.8 Å². The van der Waals surface area contributed by atoms with Gasteiger partial charge in [0.2, 0.25) is 5.95 Å². The molecule has 0 radical (unpaired) electrons. The van der Waals surface area contributed by atoms with Gasteiger partial charge in [-0.2, -0.15) is 0 Å². The van der Waals surface area contributed by atoms with Crippen molar-refractivity contribution in [3.05, 3.63) is 17.4 Å². The van der Waals surface area contributed by atoms with E-state index in [1.54, 1.807) is 12.4 Å². The Kier molecular flexibility index (Phi) is 6.63. The zero-order chi connectivity index (χ0) is 22.2. The summed E-state index contributed by atoms with van der Waals surface area (Å²) < 4.78 is 11.9. The standard InChI is InChI=1S/C23H35ClN4O3/c1-5-30-20-14-27(21-25-12-16(24)13-26-21)9-8-19(20)15-10-17-6-7-18(11-15)28(17)22(29)31-23(2,3)4/h12-13,15,17-20H,5-11,14H2,1-4H3/t15-,17-,18+,19-,20-/m1/s1. The first-order chi connectivity index (χ1) is 14.7. The van der Waals surface area contributed by atoms with Crippen LogP contribution in [0.3, 0.4) is 0 Å². The van der Waals surface area contributed by atoms with Gasteiger partial charge in [0.25, 0.3) is 0 Å². The summed E-state index contributed by atoms with van der Waals surface area (Å²) in [5.74, 6) is 1.78. The van der Waals surface area contributed by atoms with Crippen LogP contribution >= 0.6 is 11.6 Å². The molecular weight excluding hydrogens is 416 g/mol. The molecule has 5 atom stereocenters. The second-order valence-corrected chi connectivity index (χ2v) is 10.5. The van der Waals surface area contributed by atoms with Crippen LogP contribution in [0.4, 0.5) is 10.7 Å². The summed E-state index contributed by atoms with van der Waals surface area (Å²) >= 11 is 5.95. The maximum Gasteiger partial charge on any atom is 0.410 e. The normalized spacial score (nSPS) is 31.1. The molecular formula is C23H35ClN4O3. The molecule has 4 rings (SSSR count). The molecule has 2 bridgehead atoms. The number of anilines is 1. The summed E-state index contributed by atoms with van der Waals surface area (Å²) in [6.45, 7) is 10.3. The number of amides is 1. The van der Waals surface area contributed by atoms with E-state index < -0.39 is 5.60 Å². The highest BCUT2D eigenvalue weighted by atomic mass is 35.5. The van der Waals surface area contributed by atoms with Crippen molar-refractivity contribution in [1.82, 2.24) is 14.9 Å². The zero-order valence-electron chi connectivity index (χ0n) is 19.1. The second kappa shape index (κ2) is 9.10. The molecule has 1 aromatic rings. The molecule has 4 heterocycles. The molecule has 1 aromatic heterocycles. The Labute approximate surface area is 190 Å². The lowest BCUT2D eigenvalue weighted by molar-refractivity contribution is -0.0379. The molecule has 172 valence electrons. The van der Waals surface area contributed by atoms with E-state index in [0.717, 1.165) is 45.2 Å². The first-order valence-corrected chi connectivity index (χ1v) is 12.0. The van der Waals surface area contributed by atoms with Crippen LogP contribution in [0, 0.1) is 11.8 Å². The van der Waals surface area contributed by atoms with E-state index in [9.17, 15) is 4.79 Å². The average molecular weight is 451 g/mol. The summed E-state index contributed by atoms with van der Waals surface area (Å²) in [5, 5.41) is 0.548. The Hall–Kier alpha value is -1.60. The van der Waals surface area contributed by atoms with Crippen molar-refractivity contribution in [3.63, 3.8) is 0 Å². The summed E-state index contributed by atoms with van der Waals surface area (Å²) in [5.41, 5.74) is -0.454. The third kappa shape index (κ3) is 5.08. The molecule has 0 aromatic carbocycles. The van der Waals surface area contributed by atoms with E-state index in [-0.39, 0.29) is 12.2 Å². The molecule has 3 fully saturated rings. The summed E-state index contributed by atoms with van der Waals surface area (Å²) in [7, 11) is 0. The number of halogens is 1. The fourth-order valence-corrected chi connectivity index (χ4v) is 5.79. The molecule has 3 aliphatic rings. The Morgan fingerprint density at radius 1 is 1.16 bits per heavy atom. The van der Waals surface area contributed by atoms with Crippen molar-refractivity contribution in [2.45, 2.75) is 83.6 Å². The molecule has 31 heavy (non-hydrogen) atoms. The van der Waals surface area contributed by atoms with E-state index in [1.165, 1.54) is 0 Å². The van der Waals surface area contributed by atoms with Crippen molar-refractivity contribution in [2.75, 3.05) is 24.6 Å². The molecule has 1 amide bonds. The predicted molar refractivity (Wildman–Crippen MR) is 120 cm³/mol. The lowest BCUT2D eigenvalue weighted by atomic mass is 9.75. The average Bonchev–Trinajstić information content (AvgIpc) is 2.98. The van der Waals surface area contributed by atoms with Crippen LogP contribution in [0.2, 0.25) is 5.02 Å². The number of rotatable bonds is 4. The smallest absolute Gasteiger partial charge is 0.410 e. The molecule has 0 aliphatic carbocycles. The number of piperidine rings is 2. The van der Waals surface area contributed by atoms with Gasteiger partial charge in [-0.3, -0.25) is 0 Å². The molecule has 3 saturated heterocycles. The summed E-state index contributed by atoms with van der Waals surface area (Å²) in [6, 6.07) is 0.581. The Morgan fingerprint density at radius 2 is 1.81 bits per heavy atom. The number of nitrogens with zero attached hydrogens (tertiary/aromatic N) is 4. The Bertz CT molecular complexity index is 755. The largest absolute Gasteiger partial charge is 0.444 e. The SMILES string of the molecule is CCO[C@@H]1CN(c2ncc(Cl)cn2)CC[C@@H]1[C@@H]1C[C@H]2CC[C@@H](C1)N2C(=O)OC(C)(C)C. The van der Waals surface area contributed by atoms with E-state index in [4.69, 9.17) is 21.1 Å². The number of hydrogen-bond donors (Lipinski definition) is 0. The lowest BCUT2D eigenvalue weighted by Gasteiger charge is -2.46. The van der Waals surface area contributed by atoms with E-state index in [1.807, 2.05) is 25.7 Å². The topological polar surface area (TPSA) is 67.8 Å². The number of aromatic nitrogens is 2. The van der Waals surface area contributed by atoms with Gasteiger partial charge < -0.3 is 19.3 Å². The molecule has 7 nitrogen and oxygen atoms in total. The van der Waals surface area contributed by atoms with Crippen LogP contribution in [0.5, 0.6) is 0 Å². The van der Waals surface area contributed by atoms with Crippen LogP contribution < -0.4 is 4.90 Å². The quantitative estimate of drug-likeness (QED) is 0.670. The van der Waals surface area contributed by atoms with Gasteiger partial charge in [-0.15, -0.1) is 0 Å². The molecule has 8 heteroatoms. The van der Waals surface area contributed by atoms with Crippen LogP contribution in [0.25, 0.3) is 0 Å². The molecule has 0 spiro atoms. The van der Waals surface area contributed by atoms with Gasteiger partial charge >= 0.3 is 6.09 Å². The van der Waals surface area contributed by atoms with Crippen molar-refractivity contribution in [2.24, 2.45) is 11.8 Å². The summed E-state index contributed by atoms with van der Waals surface area (Å²) in [4.78, 5) is 25.8. The van der Waals surface area contributed by atoms with Gasteiger partial charge in [-0.05, 0) is 71.6 Å². The second-order valence-electron chi connectivity index (χ2n) is 10.1. The monoisotopic (exact) mass is 450 g/mol. The van der Waals surface area contributed by atoms with Crippen LogP contribution in [-0.2, 0) is 9.47 Å². The Balaban J connectivity index is 1.42. The zero-order valence-corrected chi connectivity index (χ0v) is 19.8. The minimum atomic E-state index is -0.454. The van der Waals surface area contributed by atoms with Crippen LogP contribution in [0.15, 0.2) is 12.4 Å². The predicted octanol–water partition coefficient (Wildman–Crippen LogP) is 4.54. The van der Waals surface area contributed by atoms with E-state index in [2.05, 4.69) is 21.8 Å². The number of fused-ring (bicyclic) bond motifs is 2. The van der Waals surface area contributed by atoms with Gasteiger partial charge in [0.15, 0.2) is 0 Å². The summed E-state index contributed by atoms with van der Waals surface area (Å²) in [6.07, 6.45) is 8.60. The highest BCUT2D eigenvalue weighted by Gasteiger charge is 2.48. The maximum atomic E-state index is 12.8. The van der Waals surface area contributed by atoms with Crippen molar-refractivity contribution >= 4 is 23.6 Å². The van der Waals surface area contributed by atoms with Gasteiger partial charge in [-0.25, -0.2) is 14.8 Å². The highest BCUT2D eigenvalue weighted by Crippen LogP contribution is 2.45. The molecule has 0 N–H and O–H groups in total. The minimum Gasteiger partial charge on any atom is -0.444 e. The van der Waals surface area contributed by atoms with Gasteiger partial charge in [0.1, 0.15) is 5.60 Å². The van der Waals surface area contributed by atoms with Crippen LogP contribution in [-0.4, -0.2) is 64.4 Å². The fourth-order valence-electron chi connectivity index (χ4n) is 5.70. The highest BCUT2D eigenvalue weighted by molar-refractivity contribution is 6.30. The number of carbonyl (C=O) groups is 1. The number of carbonyl (C=O) groups excluding carboxylic acids is 1. The lowest BCUT2D eigenvalue weighted by Crippen LogP contribution is -2.53. The minimum absolute atomic E-state index is 0.144. The third-order valence-electron chi connectivity index (χ3n) is 6.86. The van der Waals surface area contributed by atoms with Crippen LogP contribution in [0.1, 0.15) is 59.8 Å². The van der Waals surface area contributed by atoms with Crippen molar-refractivity contribution < 1.29 is 14.3 Å². The fraction of sp³-hybridized carbons (Fsp3) is 0.783. The maximum absolute atomic E-state index is 12.8. The first-order valence-electron chi connectivity index (χ1n) is 11.6. The van der Waals surface area contributed by atoms with Gasteiger partial charge in [-0.1, -0.05) is 11.6 Å². The molecule has 0 unspecified atom stereocenters. The van der Waals surface area contributed by atoms with Gasteiger partial charge in [0.05, 0.1) is 23.5 Å². The van der Waals surface area contributed by atoms with E-state index >= 15 is 0 Å². The Morgan fingerprint density at radius 3 is 2.39 bits per heavy atom. The van der Waals surface area contributed by atoms with Crippen molar-refractivity contribution in [1.29, 1.82) is 0 Å². The van der Waals surface area contributed by atoms with Crippen molar-refractivity contribution in [3.8, 4) is 0 Å². The number of ether oxygens (including phenoxy) is 2. The number of hydrogen-bond acceptors (Lipinski definition) is 6. The molecule has 0 saturated carbocycles. The molecule has 3 aliphatic heterocycles.